The normalized spacial score (nSPS) is 15.3. The number of aromatic nitrogens is 3. The molecule has 0 atom stereocenters. The van der Waals surface area contributed by atoms with Gasteiger partial charge in [0.15, 0.2) is 5.96 Å². The summed E-state index contributed by atoms with van der Waals surface area (Å²) in [5, 5.41) is 14.8. The van der Waals surface area contributed by atoms with E-state index in [9.17, 15) is 4.79 Å². The summed E-state index contributed by atoms with van der Waals surface area (Å²) < 4.78 is 7.08. The molecule has 9 nitrogen and oxygen atoms in total. The van der Waals surface area contributed by atoms with Gasteiger partial charge in [-0.1, -0.05) is 6.92 Å². The second kappa shape index (κ2) is 11.9. The van der Waals surface area contributed by atoms with Gasteiger partial charge in [-0.05, 0) is 19.8 Å². The average molecular weight is 479 g/mol. The average Bonchev–Trinajstić information content (AvgIpc) is 3.09. The van der Waals surface area contributed by atoms with Crippen molar-refractivity contribution in [3.05, 3.63) is 12.2 Å². The van der Waals surface area contributed by atoms with Crippen molar-refractivity contribution >= 4 is 36.0 Å². The second-order valence-corrected chi connectivity index (χ2v) is 5.90. The molecule has 0 unspecified atom stereocenters. The second-order valence-electron chi connectivity index (χ2n) is 5.90. The molecule has 0 radical (unpaired) electrons. The molecule has 1 aliphatic rings. The van der Waals surface area contributed by atoms with E-state index in [1.807, 2.05) is 11.5 Å². The molecule has 2 heterocycles. The number of piperidine rings is 1. The van der Waals surface area contributed by atoms with Crippen LogP contribution in [0.1, 0.15) is 32.5 Å². The number of ether oxygens (including phenoxy) is 1. The molecule has 1 fully saturated rings. The lowest BCUT2D eigenvalue weighted by atomic mass is 10.1. The molecule has 26 heavy (non-hydrogen) atoms. The number of guanidine groups is 1. The highest BCUT2D eigenvalue weighted by Gasteiger charge is 2.23. The summed E-state index contributed by atoms with van der Waals surface area (Å²) in [5.74, 6) is 1.76. The van der Waals surface area contributed by atoms with Gasteiger partial charge in [-0.15, -0.1) is 34.2 Å². The minimum atomic E-state index is -0.218. The smallest absolute Gasteiger partial charge is 0.409 e. The van der Waals surface area contributed by atoms with Gasteiger partial charge in [-0.3, -0.25) is 4.99 Å². The number of aryl methyl sites for hydroxylation is 1. The fraction of sp³-hybridized carbons (Fsp3) is 0.750. The van der Waals surface area contributed by atoms with Gasteiger partial charge in [0.1, 0.15) is 12.2 Å². The summed E-state index contributed by atoms with van der Waals surface area (Å²) >= 11 is 0. The van der Waals surface area contributed by atoms with Crippen LogP contribution in [0.3, 0.4) is 0 Å². The lowest BCUT2D eigenvalue weighted by molar-refractivity contribution is 0.0963. The lowest BCUT2D eigenvalue weighted by Crippen LogP contribution is -2.50. The molecule has 148 valence electrons. The molecule has 0 bridgehead atoms. The number of nitrogens with zero attached hydrogens (tertiary/aromatic N) is 5. The zero-order valence-electron chi connectivity index (χ0n) is 15.8. The first-order valence-electron chi connectivity index (χ1n) is 8.93. The van der Waals surface area contributed by atoms with Crippen LogP contribution in [0, 0.1) is 0 Å². The summed E-state index contributed by atoms with van der Waals surface area (Å²) in [4.78, 5) is 17.8. The van der Waals surface area contributed by atoms with Gasteiger partial charge in [-0.25, -0.2) is 4.79 Å². The van der Waals surface area contributed by atoms with E-state index in [4.69, 9.17) is 4.74 Å². The summed E-state index contributed by atoms with van der Waals surface area (Å²) in [7, 11) is 1.76. The molecule has 0 aliphatic carbocycles. The monoisotopic (exact) mass is 479 g/mol. The van der Waals surface area contributed by atoms with Crippen molar-refractivity contribution in [2.24, 2.45) is 4.99 Å². The lowest BCUT2D eigenvalue weighted by Gasteiger charge is -2.32. The first-order valence-corrected chi connectivity index (χ1v) is 8.93. The summed E-state index contributed by atoms with van der Waals surface area (Å²) in [6, 6.07) is 0.304. The number of carbonyl (C=O) groups is 1. The molecule has 2 N–H and O–H groups in total. The Labute approximate surface area is 172 Å². The van der Waals surface area contributed by atoms with E-state index in [2.05, 4.69) is 32.7 Å². The van der Waals surface area contributed by atoms with Gasteiger partial charge in [0.05, 0.1) is 6.61 Å². The Morgan fingerprint density at radius 1 is 1.38 bits per heavy atom. The third-order valence-electron chi connectivity index (χ3n) is 4.24. The van der Waals surface area contributed by atoms with Gasteiger partial charge >= 0.3 is 6.09 Å². The molecule has 0 aromatic carbocycles. The predicted octanol–water partition coefficient (Wildman–Crippen LogP) is 1.24. The van der Waals surface area contributed by atoms with Crippen molar-refractivity contribution in [2.75, 3.05) is 33.3 Å². The zero-order chi connectivity index (χ0) is 18.1. The van der Waals surface area contributed by atoms with E-state index in [0.717, 1.165) is 44.1 Å². The van der Waals surface area contributed by atoms with Crippen molar-refractivity contribution < 1.29 is 9.53 Å². The number of rotatable bonds is 6. The maximum Gasteiger partial charge on any atom is 0.409 e. The Morgan fingerprint density at radius 2 is 2.12 bits per heavy atom. The van der Waals surface area contributed by atoms with Crippen molar-refractivity contribution in [1.82, 2.24) is 30.3 Å². The number of halogens is 1. The molecule has 0 spiro atoms. The van der Waals surface area contributed by atoms with Gasteiger partial charge in [0, 0.05) is 45.7 Å². The van der Waals surface area contributed by atoms with Crippen LogP contribution in [0.15, 0.2) is 11.3 Å². The van der Waals surface area contributed by atoms with Crippen LogP contribution in [-0.4, -0.2) is 71.0 Å². The quantitative estimate of drug-likeness (QED) is 0.362. The molecule has 1 aliphatic heterocycles. The van der Waals surface area contributed by atoms with Gasteiger partial charge in [0.25, 0.3) is 0 Å². The Balaban J connectivity index is 0.00000338. The Kier molecular flexibility index (Phi) is 10.3. The number of hydrogen-bond acceptors (Lipinski definition) is 5. The number of hydrogen-bond donors (Lipinski definition) is 2. The summed E-state index contributed by atoms with van der Waals surface area (Å²) in [6.07, 6.45) is 4.16. The third-order valence-corrected chi connectivity index (χ3v) is 4.24. The molecule has 10 heteroatoms. The van der Waals surface area contributed by atoms with Crippen LogP contribution < -0.4 is 10.6 Å². The molecule has 1 aromatic heterocycles. The molecular weight excluding hydrogens is 449 g/mol. The minimum absolute atomic E-state index is 0. The van der Waals surface area contributed by atoms with E-state index in [0.29, 0.717) is 25.7 Å². The predicted molar refractivity (Wildman–Crippen MR) is 111 cm³/mol. The Hall–Kier alpha value is -1.59. The first kappa shape index (κ1) is 22.5. The van der Waals surface area contributed by atoms with Crippen molar-refractivity contribution in [2.45, 2.75) is 45.7 Å². The number of nitrogens with one attached hydrogen (secondary N) is 2. The Bertz CT molecular complexity index is 571. The minimum Gasteiger partial charge on any atom is -0.450 e. The highest BCUT2D eigenvalue weighted by Crippen LogP contribution is 2.11. The molecule has 0 saturated carbocycles. The fourth-order valence-corrected chi connectivity index (χ4v) is 2.84. The number of carbonyl (C=O) groups excluding carboxylic acids is 1. The standard InChI is InChI=1S/C16H29N7O2.HI/c1-4-14-21-19-12-23(14)11-8-18-15(17-3)20-13-6-9-22(10-7-13)16(24)25-5-2;/h12-13H,4-11H2,1-3H3,(H2,17,18,20);1H. The zero-order valence-corrected chi connectivity index (χ0v) is 18.1. The van der Waals surface area contributed by atoms with Crippen LogP contribution in [0.2, 0.25) is 0 Å². The number of amides is 1. The van der Waals surface area contributed by atoms with Crippen LogP contribution in [0.4, 0.5) is 4.79 Å². The Morgan fingerprint density at radius 3 is 2.73 bits per heavy atom. The van der Waals surface area contributed by atoms with Crippen LogP contribution >= 0.6 is 24.0 Å². The van der Waals surface area contributed by atoms with E-state index in [1.165, 1.54) is 0 Å². The van der Waals surface area contributed by atoms with Crippen LogP contribution in [-0.2, 0) is 17.7 Å². The van der Waals surface area contributed by atoms with E-state index >= 15 is 0 Å². The van der Waals surface area contributed by atoms with Gasteiger partial charge < -0.3 is 24.8 Å². The SMILES string of the molecule is CCOC(=O)N1CCC(NC(=NC)NCCn2cnnc2CC)CC1.I. The number of aliphatic imine (C=N–C) groups is 1. The van der Waals surface area contributed by atoms with E-state index in [1.54, 1.807) is 18.3 Å². The fourth-order valence-electron chi connectivity index (χ4n) is 2.84. The van der Waals surface area contributed by atoms with Gasteiger partial charge in [-0.2, -0.15) is 0 Å². The van der Waals surface area contributed by atoms with Gasteiger partial charge in [0.2, 0.25) is 0 Å². The van der Waals surface area contributed by atoms with Crippen molar-refractivity contribution in [1.29, 1.82) is 0 Å². The molecule has 1 aromatic rings. The molecule has 1 amide bonds. The maximum absolute atomic E-state index is 11.7. The number of likely N-dealkylation sites (tertiary alicyclic amines) is 1. The molecule has 2 rings (SSSR count). The first-order chi connectivity index (χ1) is 12.2. The van der Waals surface area contributed by atoms with Crippen molar-refractivity contribution in [3.8, 4) is 0 Å². The molecular formula is C16H30IN7O2. The highest BCUT2D eigenvalue weighted by atomic mass is 127. The third kappa shape index (κ3) is 6.61. The topological polar surface area (TPSA) is 96.7 Å². The van der Waals surface area contributed by atoms with Crippen LogP contribution in [0.25, 0.3) is 0 Å². The highest BCUT2D eigenvalue weighted by molar-refractivity contribution is 14.0. The maximum atomic E-state index is 11.7. The summed E-state index contributed by atoms with van der Waals surface area (Å²) in [5.41, 5.74) is 0. The summed E-state index contributed by atoms with van der Waals surface area (Å²) in [6.45, 7) is 7.24. The molecule has 1 saturated heterocycles. The van der Waals surface area contributed by atoms with Crippen LogP contribution in [0.5, 0.6) is 0 Å². The largest absolute Gasteiger partial charge is 0.450 e. The van der Waals surface area contributed by atoms with Crippen molar-refractivity contribution in [3.63, 3.8) is 0 Å². The van der Waals surface area contributed by atoms with E-state index < -0.39 is 0 Å². The van der Waals surface area contributed by atoms with E-state index in [-0.39, 0.29) is 30.1 Å².